The van der Waals surface area contributed by atoms with Gasteiger partial charge in [0.05, 0.1) is 28.6 Å². The summed E-state index contributed by atoms with van der Waals surface area (Å²) in [6.45, 7) is 4.38. The van der Waals surface area contributed by atoms with Crippen LogP contribution in [0.25, 0.3) is 0 Å². The first-order chi connectivity index (χ1) is 15.2. The first kappa shape index (κ1) is 24.0. The van der Waals surface area contributed by atoms with Gasteiger partial charge in [-0.05, 0) is 42.5 Å². The number of hydrogen-bond acceptors (Lipinski definition) is 5. The number of amides is 2. The highest BCUT2D eigenvalue weighted by molar-refractivity contribution is 7.89. The molecule has 32 heavy (non-hydrogen) atoms. The van der Waals surface area contributed by atoms with Gasteiger partial charge in [0, 0.05) is 31.7 Å². The Labute approximate surface area is 193 Å². The van der Waals surface area contributed by atoms with Crippen molar-refractivity contribution in [3.05, 3.63) is 47.5 Å². The molecule has 0 radical (unpaired) electrons. The summed E-state index contributed by atoms with van der Waals surface area (Å²) in [6, 6.07) is 11.2. The summed E-state index contributed by atoms with van der Waals surface area (Å²) in [7, 11) is -2.14. The molecule has 2 aromatic rings. The van der Waals surface area contributed by atoms with Gasteiger partial charge in [0.2, 0.25) is 21.8 Å². The average molecular weight is 480 g/mol. The Hall–Kier alpha value is -2.62. The van der Waals surface area contributed by atoms with Crippen LogP contribution < -0.4 is 15.0 Å². The highest BCUT2D eigenvalue weighted by Crippen LogP contribution is 2.30. The molecule has 1 atom stereocenters. The van der Waals surface area contributed by atoms with Crippen LogP contribution in [0.2, 0.25) is 5.02 Å². The van der Waals surface area contributed by atoms with E-state index in [-0.39, 0.29) is 34.5 Å². The number of nitrogens with zero attached hydrogens (tertiary/aromatic N) is 2. The van der Waals surface area contributed by atoms with Crippen LogP contribution in [0.15, 0.2) is 47.4 Å². The fourth-order valence-electron chi connectivity index (χ4n) is 3.60. The molecule has 2 aromatic carbocycles. The van der Waals surface area contributed by atoms with Crippen LogP contribution in [-0.4, -0.2) is 51.3 Å². The molecule has 0 aliphatic carbocycles. The topological polar surface area (TPSA) is 96.0 Å². The zero-order valence-electron chi connectivity index (χ0n) is 18.2. The van der Waals surface area contributed by atoms with Gasteiger partial charge in [0.25, 0.3) is 0 Å². The number of nitrogens with one attached hydrogen (secondary N) is 1. The lowest BCUT2D eigenvalue weighted by Crippen LogP contribution is -2.31. The standard InChI is InChI=1S/C22H26ClN3O5S/c1-4-25(5-2)32(29,30)18-10-11-19(23)20(13-18)24-22(28)15-12-21(27)26(14-15)16-6-8-17(31-3)9-7-16/h6-11,13,15H,4-5,12,14H2,1-3H3,(H,24,28). The third-order valence-corrected chi connectivity index (χ3v) is 7.79. The van der Waals surface area contributed by atoms with Crippen LogP contribution in [0.1, 0.15) is 20.3 Å². The van der Waals surface area contributed by atoms with E-state index in [0.29, 0.717) is 24.5 Å². The Morgan fingerprint density at radius 1 is 1.19 bits per heavy atom. The molecule has 0 aromatic heterocycles. The molecule has 1 heterocycles. The van der Waals surface area contributed by atoms with Crippen LogP contribution in [0.4, 0.5) is 11.4 Å². The number of methoxy groups -OCH3 is 1. The summed E-state index contributed by atoms with van der Waals surface area (Å²) in [5.74, 6) is -0.486. The van der Waals surface area contributed by atoms with Gasteiger partial charge in [-0.2, -0.15) is 4.31 Å². The number of sulfonamides is 1. The maximum Gasteiger partial charge on any atom is 0.243 e. The molecule has 1 unspecified atom stereocenters. The fourth-order valence-corrected chi connectivity index (χ4v) is 5.25. The molecule has 0 bridgehead atoms. The van der Waals surface area contributed by atoms with E-state index in [1.807, 2.05) is 0 Å². The summed E-state index contributed by atoms with van der Waals surface area (Å²) in [6.07, 6.45) is 0.0485. The Morgan fingerprint density at radius 3 is 2.44 bits per heavy atom. The molecule has 1 fully saturated rings. The summed E-state index contributed by atoms with van der Waals surface area (Å²) >= 11 is 6.21. The molecule has 10 heteroatoms. The van der Waals surface area contributed by atoms with Crippen molar-refractivity contribution >= 4 is 44.8 Å². The van der Waals surface area contributed by atoms with E-state index in [2.05, 4.69) is 5.32 Å². The molecule has 3 rings (SSSR count). The lowest BCUT2D eigenvalue weighted by molar-refractivity contribution is -0.122. The normalized spacial score (nSPS) is 16.5. The molecular weight excluding hydrogens is 454 g/mol. The van der Waals surface area contributed by atoms with Crippen molar-refractivity contribution in [1.82, 2.24) is 4.31 Å². The van der Waals surface area contributed by atoms with E-state index < -0.39 is 21.8 Å². The molecule has 1 N–H and O–H groups in total. The van der Waals surface area contributed by atoms with Crippen molar-refractivity contribution in [3.8, 4) is 5.75 Å². The Kier molecular flexibility index (Phi) is 7.43. The van der Waals surface area contributed by atoms with Gasteiger partial charge in [0.15, 0.2) is 0 Å². The maximum atomic E-state index is 12.9. The minimum absolute atomic E-state index is 0.0447. The quantitative estimate of drug-likeness (QED) is 0.626. The third-order valence-electron chi connectivity index (χ3n) is 5.42. The van der Waals surface area contributed by atoms with E-state index in [9.17, 15) is 18.0 Å². The van der Waals surface area contributed by atoms with Gasteiger partial charge in [-0.15, -0.1) is 0 Å². The van der Waals surface area contributed by atoms with E-state index in [1.165, 1.54) is 22.5 Å². The first-order valence-corrected chi connectivity index (χ1v) is 12.1. The van der Waals surface area contributed by atoms with Crippen molar-refractivity contribution in [2.24, 2.45) is 5.92 Å². The van der Waals surface area contributed by atoms with Crippen molar-refractivity contribution in [2.45, 2.75) is 25.2 Å². The Balaban J connectivity index is 1.76. The van der Waals surface area contributed by atoms with Gasteiger partial charge < -0.3 is 15.0 Å². The molecule has 0 saturated carbocycles. The predicted molar refractivity (Wildman–Crippen MR) is 124 cm³/mol. The molecule has 1 aliphatic rings. The van der Waals surface area contributed by atoms with E-state index in [4.69, 9.17) is 16.3 Å². The van der Waals surface area contributed by atoms with E-state index in [0.717, 1.165) is 0 Å². The monoisotopic (exact) mass is 479 g/mol. The number of hydrogen-bond donors (Lipinski definition) is 1. The van der Waals surface area contributed by atoms with Gasteiger partial charge in [-0.1, -0.05) is 25.4 Å². The minimum atomic E-state index is -3.70. The van der Waals surface area contributed by atoms with Crippen molar-refractivity contribution in [3.63, 3.8) is 0 Å². The second-order valence-electron chi connectivity index (χ2n) is 7.32. The third kappa shape index (κ3) is 4.90. The van der Waals surface area contributed by atoms with Crippen molar-refractivity contribution in [2.75, 3.05) is 37.0 Å². The molecule has 1 aliphatic heterocycles. The molecule has 172 valence electrons. The Morgan fingerprint density at radius 2 is 1.84 bits per heavy atom. The number of carbonyl (C=O) groups excluding carboxylic acids is 2. The van der Waals surface area contributed by atoms with Crippen LogP contribution in [0.3, 0.4) is 0 Å². The van der Waals surface area contributed by atoms with Gasteiger partial charge in [-0.3, -0.25) is 9.59 Å². The zero-order chi connectivity index (χ0) is 23.5. The van der Waals surface area contributed by atoms with Crippen molar-refractivity contribution < 1.29 is 22.7 Å². The van der Waals surface area contributed by atoms with Crippen LogP contribution >= 0.6 is 11.6 Å². The second kappa shape index (κ2) is 9.89. The van der Waals surface area contributed by atoms with Gasteiger partial charge in [0.1, 0.15) is 5.75 Å². The molecule has 0 spiro atoms. The van der Waals surface area contributed by atoms with E-state index in [1.54, 1.807) is 50.1 Å². The van der Waals surface area contributed by atoms with E-state index >= 15 is 0 Å². The first-order valence-electron chi connectivity index (χ1n) is 10.3. The summed E-state index contributed by atoms with van der Waals surface area (Å²) in [5.41, 5.74) is 0.872. The Bertz CT molecular complexity index is 1100. The smallest absolute Gasteiger partial charge is 0.243 e. The maximum absolute atomic E-state index is 12.9. The number of ether oxygens (including phenoxy) is 1. The lowest BCUT2D eigenvalue weighted by Gasteiger charge is -2.20. The number of halogens is 1. The molecule has 2 amide bonds. The summed E-state index contributed by atoms with van der Waals surface area (Å²) in [5, 5.41) is 2.91. The molecule has 1 saturated heterocycles. The minimum Gasteiger partial charge on any atom is -0.497 e. The average Bonchev–Trinajstić information content (AvgIpc) is 3.17. The largest absolute Gasteiger partial charge is 0.497 e. The lowest BCUT2D eigenvalue weighted by atomic mass is 10.1. The summed E-state index contributed by atoms with van der Waals surface area (Å²) < 4.78 is 32.1. The number of anilines is 2. The van der Waals surface area contributed by atoms with Crippen molar-refractivity contribution in [1.29, 1.82) is 0 Å². The summed E-state index contributed by atoms with van der Waals surface area (Å²) in [4.78, 5) is 27.0. The van der Waals surface area contributed by atoms with Crippen LogP contribution in [0, 0.1) is 5.92 Å². The number of rotatable bonds is 8. The number of carbonyl (C=O) groups is 2. The SMILES string of the molecule is CCN(CC)S(=O)(=O)c1ccc(Cl)c(NC(=O)C2CC(=O)N(c3ccc(OC)cc3)C2)c1. The number of benzene rings is 2. The molecular formula is C22H26ClN3O5S. The van der Waals surface area contributed by atoms with Crippen LogP contribution in [-0.2, 0) is 19.6 Å². The zero-order valence-corrected chi connectivity index (χ0v) is 19.7. The predicted octanol–water partition coefficient (Wildman–Crippen LogP) is 3.37. The highest BCUT2D eigenvalue weighted by atomic mass is 35.5. The fraction of sp³-hybridized carbons (Fsp3) is 0.364. The van der Waals surface area contributed by atoms with Gasteiger partial charge in [-0.25, -0.2) is 8.42 Å². The van der Waals surface area contributed by atoms with Gasteiger partial charge >= 0.3 is 0 Å². The molecule has 8 nitrogen and oxygen atoms in total. The highest BCUT2D eigenvalue weighted by Gasteiger charge is 2.35. The second-order valence-corrected chi connectivity index (χ2v) is 9.67. The van der Waals surface area contributed by atoms with Crippen LogP contribution in [0.5, 0.6) is 5.75 Å².